The van der Waals surface area contributed by atoms with E-state index in [2.05, 4.69) is 5.32 Å². The van der Waals surface area contributed by atoms with E-state index in [0.29, 0.717) is 5.58 Å². The molecule has 0 spiro atoms. The molecule has 0 radical (unpaired) electrons. The average Bonchev–Trinajstić information content (AvgIpc) is 3.05. The first-order chi connectivity index (χ1) is 11.7. The fraction of sp³-hybridized carbons (Fsp3) is 0.0500. The number of hydrogen-bond acceptors (Lipinski definition) is 3. The van der Waals surface area contributed by atoms with Crippen molar-refractivity contribution >= 4 is 33.3 Å². The van der Waals surface area contributed by atoms with E-state index in [-0.39, 0.29) is 11.7 Å². The molecule has 1 amide bonds. The molecule has 3 aromatic carbocycles. The van der Waals surface area contributed by atoms with Gasteiger partial charge in [-0.2, -0.15) is 0 Å². The number of furan rings is 1. The van der Waals surface area contributed by atoms with Crippen LogP contribution in [-0.4, -0.2) is 13.0 Å². The number of ether oxygens (including phenoxy) is 1. The minimum atomic E-state index is -0.277. The van der Waals surface area contributed by atoms with Crippen molar-refractivity contribution in [1.82, 2.24) is 0 Å². The maximum absolute atomic E-state index is 12.4. The van der Waals surface area contributed by atoms with Gasteiger partial charge in [0.05, 0.1) is 7.11 Å². The SMILES string of the molecule is COc1ccc2oc(C(=O)Nc3ccc4ccccc4c3)cc2c1. The number of benzene rings is 3. The Morgan fingerprint density at radius 1 is 0.917 bits per heavy atom. The van der Waals surface area contributed by atoms with Gasteiger partial charge >= 0.3 is 0 Å². The number of fused-ring (bicyclic) bond motifs is 2. The van der Waals surface area contributed by atoms with Crippen LogP contribution >= 0.6 is 0 Å². The molecular formula is C20H15NO3. The van der Waals surface area contributed by atoms with Crippen molar-refractivity contribution in [3.63, 3.8) is 0 Å². The topological polar surface area (TPSA) is 51.5 Å². The third-order valence-corrected chi connectivity index (χ3v) is 3.95. The number of amides is 1. The van der Waals surface area contributed by atoms with Crippen molar-refractivity contribution in [2.24, 2.45) is 0 Å². The summed E-state index contributed by atoms with van der Waals surface area (Å²) in [5.41, 5.74) is 1.39. The van der Waals surface area contributed by atoms with Crippen molar-refractivity contribution in [2.75, 3.05) is 12.4 Å². The lowest BCUT2D eigenvalue weighted by Crippen LogP contribution is -2.10. The number of carbonyl (C=O) groups excluding carboxylic acids is 1. The minimum Gasteiger partial charge on any atom is -0.497 e. The predicted molar refractivity (Wildman–Crippen MR) is 94.7 cm³/mol. The van der Waals surface area contributed by atoms with Gasteiger partial charge in [-0.3, -0.25) is 4.79 Å². The molecule has 4 nitrogen and oxygen atoms in total. The van der Waals surface area contributed by atoms with Crippen LogP contribution in [-0.2, 0) is 0 Å². The monoisotopic (exact) mass is 317 g/mol. The van der Waals surface area contributed by atoms with Crippen LogP contribution < -0.4 is 10.1 Å². The van der Waals surface area contributed by atoms with E-state index in [1.54, 1.807) is 25.3 Å². The zero-order valence-corrected chi connectivity index (χ0v) is 13.1. The molecule has 1 aromatic heterocycles. The summed E-state index contributed by atoms with van der Waals surface area (Å²) in [6.07, 6.45) is 0. The molecule has 0 atom stereocenters. The van der Waals surface area contributed by atoms with Crippen LogP contribution in [0.25, 0.3) is 21.7 Å². The van der Waals surface area contributed by atoms with E-state index in [1.807, 2.05) is 48.5 Å². The lowest BCUT2D eigenvalue weighted by Gasteiger charge is -2.04. The standard InChI is InChI=1S/C20H15NO3/c1-23-17-8-9-18-15(11-17)12-19(24-18)20(22)21-16-7-6-13-4-2-3-5-14(13)10-16/h2-12H,1H3,(H,21,22). The molecule has 0 saturated carbocycles. The van der Waals surface area contributed by atoms with Gasteiger partial charge in [0.25, 0.3) is 5.91 Å². The normalized spacial score (nSPS) is 10.9. The molecule has 24 heavy (non-hydrogen) atoms. The maximum atomic E-state index is 12.4. The molecule has 0 unspecified atom stereocenters. The highest BCUT2D eigenvalue weighted by Gasteiger charge is 2.13. The summed E-state index contributed by atoms with van der Waals surface area (Å²) in [5, 5.41) is 5.91. The second-order valence-corrected chi connectivity index (χ2v) is 5.53. The van der Waals surface area contributed by atoms with Crippen LogP contribution in [0.3, 0.4) is 0 Å². The van der Waals surface area contributed by atoms with Gasteiger partial charge in [-0.1, -0.05) is 30.3 Å². The summed E-state index contributed by atoms with van der Waals surface area (Å²) >= 11 is 0. The third-order valence-electron chi connectivity index (χ3n) is 3.95. The highest BCUT2D eigenvalue weighted by atomic mass is 16.5. The van der Waals surface area contributed by atoms with Crippen LogP contribution in [0, 0.1) is 0 Å². The molecule has 118 valence electrons. The zero-order valence-electron chi connectivity index (χ0n) is 13.1. The Morgan fingerprint density at radius 3 is 2.58 bits per heavy atom. The summed E-state index contributed by atoms with van der Waals surface area (Å²) in [6, 6.07) is 21.0. The average molecular weight is 317 g/mol. The van der Waals surface area contributed by atoms with Gasteiger partial charge in [0, 0.05) is 11.1 Å². The first-order valence-corrected chi connectivity index (χ1v) is 7.61. The molecule has 4 aromatic rings. The molecular weight excluding hydrogens is 302 g/mol. The fourth-order valence-electron chi connectivity index (χ4n) is 2.72. The van der Waals surface area contributed by atoms with Crippen molar-refractivity contribution in [1.29, 1.82) is 0 Å². The Bertz CT molecular complexity index is 1050. The summed E-state index contributed by atoms with van der Waals surface area (Å²) in [7, 11) is 1.61. The highest BCUT2D eigenvalue weighted by molar-refractivity contribution is 6.05. The molecule has 0 aliphatic carbocycles. The Morgan fingerprint density at radius 2 is 1.75 bits per heavy atom. The number of rotatable bonds is 3. The van der Waals surface area contributed by atoms with E-state index < -0.39 is 0 Å². The Balaban J connectivity index is 1.62. The molecule has 4 rings (SSSR count). The van der Waals surface area contributed by atoms with Gasteiger partial charge in [-0.05, 0) is 47.2 Å². The van der Waals surface area contributed by atoms with Crippen molar-refractivity contribution < 1.29 is 13.9 Å². The third kappa shape index (κ3) is 2.58. The lowest BCUT2D eigenvalue weighted by molar-refractivity contribution is 0.0998. The highest BCUT2D eigenvalue weighted by Crippen LogP contribution is 2.25. The van der Waals surface area contributed by atoms with Crippen LogP contribution in [0.5, 0.6) is 5.75 Å². The largest absolute Gasteiger partial charge is 0.497 e. The number of carbonyl (C=O) groups is 1. The number of anilines is 1. The second kappa shape index (κ2) is 5.74. The Kier molecular flexibility index (Phi) is 3.43. The number of nitrogens with one attached hydrogen (secondary N) is 1. The quantitative estimate of drug-likeness (QED) is 0.588. The Labute approximate surface area is 138 Å². The van der Waals surface area contributed by atoms with Gasteiger partial charge in [0.15, 0.2) is 5.76 Å². The lowest BCUT2D eigenvalue weighted by atomic mass is 10.1. The van der Waals surface area contributed by atoms with Gasteiger partial charge in [-0.15, -0.1) is 0 Å². The summed E-state index contributed by atoms with van der Waals surface area (Å²) in [4.78, 5) is 12.4. The smallest absolute Gasteiger partial charge is 0.291 e. The van der Waals surface area contributed by atoms with Crippen LogP contribution in [0.1, 0.15) is 10.6 Å². The zero-order chi connectivity index (χ0) is 16.5. The first kappa shape index (κ1) is 14.3. The van der Waals surface area contributed by atoms with E-state index in [0.717, 1.165) is 27.6 Å². The molecule has 1 N–H and O–H groups in total. The number of methoxy groups -OCH3 is 1. The summed E-state index contributed by atoms with van der Waals surface area (Å²) in [5.74, 6) is 0.719. The van der Waals surface area contributed by atoms with Gasteiger partial charge in [0.2, 0.25) is 0 Å². The molecule has 0 aliphatic rings. The van der Waals surface area contributed by atoms with Gasteiger partial charge in [-0.25, -0.2) is 0 Å². The van der Waals surface area contributed by atoms with Crippen LogP contribution in [0.15, 0.2) is 71.1 Å². The predicted octanol–water partition coefficient (Wildman–Crippen LogP) is 4.85. The van der Waals surface area contributed by atoms with Crippen LogP contribution in [0.2, 0.25) is 0 Å². The molecule has 0 fully saturated rings. The van der Waals surface area contributed by atoms with E-state index in [4.69, 9.17) is 9.15 Å². The maximum Gasteiger partial charge on any atom is 0.291 e. The molecule has 0 bridgehead atoms. The molecule has 1 heterocycles. The first-order valence-electron chi connectivity index (χ1n) is 7.61. The second-order valence-electron chi connectivity index (χ2n) is 5.53. The fourth-order valence-corrected chi connectivity index (χ4v) is 2.72. The summed E-state index contributed by atoms with van der Waals surface area (Å²) < 4.78 is 10.8. The van der Waals surface area contributed by atoms with Crippen molar-refractivity contribution in [3.05, 3.63) is 72.5 Å². The van der Waals surface area contributed by atoms with Crippen molar-refractivity contribution in [3.8, 4) is 5.75 Å². The number of hydrogen-bond donors (Lipinski definition) is 1. The van der Waals surface area contributed by atoms with E-state index in [9.17, 15) is 4.79 Å². The van der Waals surface area contributed by atoms with Crippen LogP contribution in [0.4, 0.5) is 5.69 Å². The Hall–Kier alpha value is -3.27. The van der Waals surface area contributed by atoms with Gasteiger partial charge < -0.3 is 14.5 Å². The molecule has 0 saturated heterocycles. The van der Waals surface area contributed by atoms with E-state index >= 15 is 0 Å². The minimum absolute atomic E-state index is 0.270. The molecule has 0 aliphatic heterocycles. The molecule has 4 heteroatoms. The van der Waals surface area contributed by atoms with Crippen molar-refractivity contribution in [2.45, 2.75) is 0 Å². The van der Waals surface area contributed by atoms with E-state index in [1.165, 1.54) is 0 Å². The summed E-state index contributed by atoms with van der Waals surface area (Å²) in [6.45, 7) is 0. The van der Waals surface area contributed by atoms with Gasteiger partial charge in [0.1, 0.15) is 11.3 Å².